The topological polar surface area (TPSA) is 87.0 Å². The summed E-state index contributed by atoms with van der Waals surface area (Å²) in [7, 11) is 0.175. The number of carbonyl (C=O) groups excluding carboxylic acids is 1. The fraction of sp³-hybridized carbons (Fsp3) is 0.474. The van der Waals surface area contributed by atoms with E-state index < -0.39 is 20.9 Å². The molecule has 0 saturated carbocycles. The van der Waals surface area contributed by atoms with Crippen LogP contribution < -0.4 is 4.72 Å². The van der Waals surface area contributed by atoms with Crippen LogP contribution in [-0.2, 0) is 16.4 Å². The number of hydrogen-bond donors (Lipinski definition) is 1. The third kappa shape index (κ3) is 3.93. The van der Waals surface area contributed by atoms with E-state index in [1.54, 1.807) is 27.7 Å². The molecule has 0 bridgehead atoms. The number of rotatable bonds is 6. The molecule has 3 heterocycles. The van der Waals surface area contributed by atoms with Gasteiger partial charge in [-0.1, -0.05) is 23.4 Å². The van der Waals surface area contributed by atoms with E-state index in [1.807, 2.05) is 20.3 Å². The zero-order valence-corrected chi connectivity index (χ0v) is 19.4. The lowest BCUT2D eigenvalue weighted by Gasteiger charge is -2.24. The van der Waals surface area contributed by atoms with E-state index >= 15 is 0 Å². The van der Waals surface area contributed by atoms with Crippen molar-refractivity contribution in [1.82, 2.24) is 14.4 Å². The van der Waals surface area contributed by atoms with Gasteiger partial charge in [-0.05, 0) is 44.3 Å². The summed E-state index contributed by atoms with van der Waals surface area (Å²) in [5, 5.41) is 0.606. The number of aliphatic imine (C=N–C) groups is 1. The molecule has 1 aromatic carbocycles. The van der Waals surface area contributed by atoms with Gasteiger partial charge in [0.15, 0.2) is 16.0 Å². The summed E-state index contributed by atoms with van der Waals surface area (Å²) in [5.74, 6) is 0.713. The average molecular weight is 470 g/mol. The molecule has 2 atom stereocenters. The summed E-state index contributed by atoms with van der Waals surface area (Å²) in [6.07, 6.45) is 2.58. The van der Waals surface area contributed by atoms with Gasteiger partial charge in [-0.2, -0.15) is 0 Å². The molecule has 1 saturated heterocycles. The molecule has 11 heteroatoms. The predicted octanol–water partition coefficient (Wildman–Crippen LogP) is 2.46. The first kappa shape index (κ1) is 21.5. The van der Waals surface area contributed by atoms with E-state index in [0.29, 0.717) is 17.4 Å². The first-order valence-corrected chi connectivity index (χ1v) is 12.6. The van der Waals surface area contributed by atoms with Crippen molar-refractivity contribution < 1.29 is 13.2 Å². The summed E-state index contributed by atoms with van der Waals surface area (Å²) in [6.45, 7) is 2.93. The minimum atomic E-state index is -3.80. The number of nitrogens with zero attached hydrogens (tertiary/aromatic N) is 4. The van der Waals surface area contributed by atoms with Gasteiger partial charge >= 0.3 is 0 Å². The van der Waals surface area contributed by atoms with Gasteiger partial charge in [0.2, 0.25) is 5.91 Å². The molecule has 2 aliphatic rings. The number of benzene rings is 1. The Hall–Kier alpha value is -1.75. The van der Waals surface area contributed by atoms with Gasteiger partial charge in [0.1, 0.15) is 0 Å². The average Bonchev–Trinajstić information content (AvgIpc) is 3.31. The van der Waals surface area contributed by atoms with E-state index in [2.05, 4.69) is 14.6 Å². The lowest BCUT2D eigenvalue weighted by atomic mass is 10.1. The minimum Gasteiger partial charge on any atom is -0.329 e. The van der Waals surface area contributed by atoms with E-state index in [4.69, 9.17) is 11.6 Å². The number of sulfonamides is 1. The highest BCUT2D eigenvalue weighted by molar-refractivity contribution is 8.14. The number of anilines is 1. The van der Waals surface area contributed by atoms with Gasteiger partial charge in [-0.3, -0.25) is 14.1 Å². The number of hydrogen-bond acceptors (Lipinski definition) is 7. The molecular weight excluding hydrogens is 446 g/mol. The lowest BCUT2D eigenvalue weighted by Crippen LogP contribution is -2.44. The molecule has 1 fully saturated rings. The fourth-order valence-corrected chi connectivity index (χ4v) is 7.05. The van der Waals surface area contributed by atoms with Gasteiger partial charge < -0.3 is 9.80 Å². The number of carbonyl (C=O) groups is 1. The number of amidine groups is 1. The van der Waals surface area contributed by atoms with Gasteiger partial charge in [-0.25, -0.2) is 13.4 Å². The maximum atomic E-state index is 13.1. The monoisotopic (exact) mass is 469 g/mol. The van der Waals surface area contributed by atoms with Crippen molar-refractivity contribution in [2.24, 2.45) is 4.99 Å². The maximum Gasteiger partial charge on any atom is 0.257 e. The Morgan fingerprint density at radius 2 is 2.17 bits per heavy atom. The van der Waals surface area contributed by atoms with Crippen LogP contribution in [0.1, 0.15) is 17.3 Å². The Morgan fingerprint density at radius 1 is 1.40 bits per heavy atom. The van der Waals surface area contributed by atoms with Gasteiger partial charge in [-0.15, -0.1) is 0 Å². The molecular formula is C19H24ClN5O3S2. The van der Waals surface area contributed by atoms with Crippen molar-refractivity contribution in [1.29, 1.82) is 0 Å². The third-order valence-electron chi connectivity index (χ3n) is 5.22. The normalized spacial score (nSPS) is 21.4. The third-order valence-corrected chi connectivity index (χ3v) is 8.36. The second-order valence-corrected chi connectivity index (χ2v) is 11.0. The standard InChI is InChI=1S/C19H24ClN5O3S2/c1-12(26)25-11-13(6-7-23(2)3)15-10-14(4-5-16(15)25)22-30(27,28)18-17(20)21-19-24(18)8-9-29-19/h4-5,10-11,17-18,22H,6-9H2,1-3H3. The zero-order valence-electron chi connectivity index (χ0n) is 17.0. The summed E-state index contributed by atoms with van der Waals surface area (Å²) in [4.78, 5) is 20.1. The number of nitrogens with one attached hydrogen (secondary N) is 1. The summed E-state index contributed by atoms with van der Waals surface area (Å²) in [6, 6.07) is 5.23. The summed E-state index contributed by atoms with van der Waals surface area (Å²) in [5.41, 5.74) is 1.35. The number of alkyl halides is 1. The van der Waals surface area contributed by atoms with E-state index in [9.17, 15) is 13.2 Å². The molecule has 0 amide bonds. The van der Waals surface area contributed by atoms with Crippen LogP contribution in [0.3, 0.4) is 0 Å². The number of thioether (sulfide) groups is 1. The lowest BCUT2D eigenvalue weighted by molar-refractivity contribution is 0.0941. The summed E-state index contributed by atoms with van der Waals surface area (Å²) >= 11 is 7.77. The second-order valence-electron chi connectivity index (χ2n) is 7.69. The smallest absolute Gasteiger partial charge is 0.257 e. The van der Waals surface area contributed by atoms with Crippen LogP contribution in [-0.4, -0.2) is 77.7 Å². The van der Waals surface area contributed by atoms with Gasteiger partial charge in [0.25, 0.3) is 10.0 Å². The SMILES string of the molecule is CC(=O)n1cc(CCN(C)C)c2cc(NS(=O)(=O)C3C(Cl)N=C4SCCN43)ccc21. The Balaban J connectivity index is 1.66. The van der Waals surface area contributed by atoms with Crippen molar-refractivity contribution in [2.75, 3.05) is 37.7 Å². The Bertz CT molecular complexity index is 1130. The fourth-order valence-electron chi connectivity index (χ4n) is 3.78. The number of fused-ring (bicyclic) bond motifs is 2. The van der Waals surface area contributed by atoms with E-state index in [0.717, 1.165) is 35.2 Å². The summed E-state index contributed by atoms with van der Waals surface area (Å²) < 4.78 is 30.5. The van der Waals surface area contributed by atoms with Gasteiger partial charge in [0.05, 0.1) is 5.52 Å². The minimum absolute atomic E-state index is 0.0865. The second kappa shape index (κ2) is 8.07. The van der Waals surface area contributed by atoms with Gasteiger partial charge in [0, 0.05) is 43.0 Å². The molecule has 4 rings (SSSR count). The van der Waals surface area contributed by atoms with Crippen molar-refractivity contribution in [3.05, 3.63) is 30.0 Å². The van der Waals surface area contributed by atoms with Crippen LogP contribution in [0.5, 0.6) is 0 Å². The highest BCUT2D eigenvalue weighted by Crippen LogP contribution is 2.35. The van der Waals surface area contributed by atoms with Crippen LogP contribution in [0.25, 0.3) is 10.9 Å². The molecule has 0 radical (unpaired) electrons. The highest BCUT2D eigenvalue weighted by atomic mass is 35.5. The molecule has 8 nitrogen and oxygen atoms in total. The van der Waals surface area contributed by atoms with Crippen LogP contribution in [0.2, 0.25) is 0 Å². The molecule has 2 aliphatic heterocycles. The largest absolute Gasteiger partial charge is 0.329 e. The maximum absolute atomic E-state index is 13.1. The molecule has 2 unspecified atom stereocenters. The van der Waals surface area contributed by atoms with Crippen LogP contribution in [0.15, 0.2) is 29.4 Å². The zero-order chi connectivity index (χ0) is 21.6. The van der Waals surface area contributed by atoms with Crippen LogP contribution in [0.4, 0.5) is 5.69 Å². The Kier molecular flexibility index (Phi) is 5.78. The molecule has 0 spiro atoms. The Morgan fingerprint density at radius 3 is 2.87 bits per heavy atom. The van der Waals surface area contributed by atoms with Crippen LogP contribution >= 0.6 is 23.4 Å². The van der Waals surface area contributed by atoms with Crippen LogP contribution in [0, 0.1) is 0 Å². The molecule has 1 aromatic heterocycles. The molecule has 1 N–H and O–H groups in total. The first-order valence-electron chi connectivity index (χ1n) is 9.60. The van der Waals surface area contributed by atoms with E-state index in [-0.39, 0.29) is 5.91 Å². The molecule has 0 aliphatic carbocycles. The number of aromatic nitrogens is 1. The highest BCUT2D eigenvalue weighted by Gasteiger charge is 2.46. The van der Waals surface area contributed by atoms with Crippen molar-refractivity contribution >= 4 is 61.1 Å². The van der Waals surface area contributed by atoms with Crippen molar-refractivity contribution in [3.63, 3.8) is 0 Å². The molecule has 162 valence electrons. The van der Waals surface area contributed by atoms with E-state index in [1.165, 1.54) is 18.7 Å². The van der Waals surface area contributed by atoms with Crippen molar-refractivity contribution in [3.8, 4) is 0 Å². The quantitative estimate of drug-likeness (QED) is 0.516. The van der Waals surface area contributed by atoms with Crippen molar-refractivity contribution in [2.45, 2.75) is 24.2 Å². The molecule has 30 heavy (non-hydrogen) atoms. The first-order chi connectivity index (χ1) is 14.2. The number of likely N-dealkylation sites (N-methyl/N-ethyl adjacent to an activating group) is 1. The predicted molar refractivity (Wildman–Crippen MR) is 123 cm³/mol. The Labute approximate surface area is 185 Å². The number of halogens is 1. The molecule has 2 aromatic rings.